The zero-order valence-corrected chi connectivity index (χ0v) is 12.6. The van der Waals surface area contributed by atoms with Gasteiger partial charge in [0.15, 0.2) is 0 Å². The molecule has 1 heterocycles. The molecular weight excluding hydrogens is 267 g/mol. The van der Waals surface area contributed by atoms with E-state index >= 15 is 0 Å². The number of ether oxygens (including phenoxy) is 1. The standard InChI is InChI=1S/C17H25FN2O/c18-16-4-5-17(21-13-14-2-1-3-14)15(12-16)6-9-20-10-7-19-8-11-20/h4-5,12,14,19H,1-3,6-11,13H2. The first-order valence-corrected chi connectivity index (χ1v) is 8.15. The van der Waals surface area contributed by atoms with Crippen molar-refractivity contribution in [3.8, 4) is 5.75 Å². The van der Waals surface area contributed by atoms with Crippen molar-refractivity contribution in [1.82, 2.24) is 10.2 Å². The van der Waals surface area contributed by atoms with Crippen molar-refractivity contribution in [2.24, 2.45) is 5.92 Å². The summed E-state index contributed by atoms with van der Waals surface area (Å²) < 4.78 is 19.4. The summed E-state index contributed by atoms with van der Waals surface area (Å²) >= 11 is 0. The summed E-state index contributed by atoms with van der Waals surface area (Å²) in [6, 6.07) is 4.93. The molecule has 1 saturated carbocycles. The Balaban J connectivity index is 1.56. The van der Waals surface area contributed by atoms with Gasteiger partial charge >= 0.3 is 0 Å². The van der Waals surface area contributed by atoms with Crippen LogP contribution in [0.2, 0.25) is 0 Å². The molecule has 1 aliphatic heterocycles. The fraction of sp³-hybridized carbons (Fsp3) is 0.647. The molecule has 3 nitrogen and oxygen atoms in total. The van der Waals surface area contributed by atoms with Crippen LogP contribution in [0.25, 0.3) is 0 Å². The highest BCUT2D eigenvalue weighted by Gasteiger charge is 2.19. The molecule has 0 unspecified atom stereocenters. The topological polar surface area (TPSA) is 24.5 Å². The third kappa shape index (κ3) is 4.17. The summed E-state index contributed by atoms with van der Waals surface area (Å²) in [5.41, 5.74) is 1.01. The highest BCUT2D eigenvalue weighted by atomic mass is 19.1. The van der Waals surface area contributed by atoms with Gasteiger partial charge in [0.25, 0.3) is 0 Å². The van der Waals surface area contributed by atoms with Crippen molar-refractivity contribution >= 4 is 0 Å². The maximum atomic E-state index is 13.5. The minimum Gasteiger partial charge on any atom is -0.493 e. The van der Waals surface area contributed by atoms with Gasteiger partial charge in [-0.05, 0) is 48.9 Å². The van der Waals surface area contributed by atoms with Crippen LogP contribution >= 0.6 is 0 Å². The fourth-order valence-electron chi connectivity index (χ4n) is 2.96. The Hall–Kier alpha value is -1.13. The summed E-state index contributed by atoms with van der Waals surface area (Å²) in [7, 11) is 0. The summed E-state index contributed by atoms with van der Waals surface area (Å²) in [5, 5.41) is 3.35. The first-order valence-electron chi connectivity index (χ1n) is 8.15. The molecule has 21 heavy (non-hydrogen) atoms. The Labute approximate surface area is 126 Å². The molecule has 1 saturated heterocycles. The second-order valence-corrected chi connectivity index (χ2v) is 6.20. The lowest BCUT2D eigenvalue weighted by molar-refractivity contribution is 0.178. The van der Waals surface area contributed by atoms with Crippen LogP contribution in [0, 0.1) is 11.7 Å². The molecule has 1 aliphatic carbocycles. The van der Waals surface area contributed by atoms with E-state index in [-0.39, 0.29) is 5.82 Å². The maximum absolute atomic E-state index is 13.5. The molecule has 1 N–H and O–H groups in total. The van der Waals surface area contributed by atoms with Crippen molar-refractivity contribution in [2.75, 3.05) is 39.3 Å². The van der Waals surface area contributed by atoms with Crippen LogP contribution in [0.3, 0.4) is 0 Å². The van der Waals surface area contributed by atoms with E-state index < -0.39 is 0 Å². The number of rotatable bonds is 6. The van der Waals surface area contributed by atoms with Crippen LogP contribution in [-0.2, 0) is 6.42 Å². The molecule has 0 aromatic heterocycles. The van der Waals surface area contributed by atoms with Crippen LogP contribution < -0.4 is 10.1 Å². The first-order chi connectivity index (χ1) is 10.3. The predicted octanol–water partition coefficient (Wildman–Crippen LogP) is 2.45. The first kappa shape index (κ1) is 14.8. The highest BCUT2D eigenvalue weighted by Crippen LogP contribution is 2.28. The van der Waals surface area contributed by atoms with E-state index in [4.69, 9.17) is 4.74 Å². The second kappa shape index (κ2) is 7.23. The van der Waals surface area contributed by atoms with E-state index in [9.17, 15) is 4.39 Å². The molecule has 3 rings (SSSR count). The Morgan fingerprint density at radius 1 is 1.24 bits per heavy atom. The van der Waals surface area contributed by atoms with Gasteiger partial charge in [-0.3, -0.25) is 0 Å². The molecule has 0 atom stereocenters. The van der Waals surface area contributed by atoms with Gasteiger partial charge in [0, 0.05) is 32.7 Å². The van der Waals surface area contributed by atoms with Gasteiger partial charge in [0.05, 0.1) is 6.61 Å². The van der Waals surface area contributed by atoms with Crippen molar-refractivity contribution < 1.29 is 9.13 Å². The van der Waals surface area contributed by atoms with Gasteiger partial charge in [-0.15, -0.1) is 0 Å². The lowest BCUT2D eigenvalue weighted by Crippen LogP contribution is -2.44. The zero-order valence-electron chi connectivity index (χ0n) is 12.6. The van der Waals surface area contributed by atoms with Gasteiger partial charge in [-0.1, -0.05) is 6.42 Å². The number of nitrogens with one attached hydrogen (secondary N) is 1. The van der Waals surface area contributed by atoms with E-state index in [1.54, 1.807) is 12.1 Å². The molecule has 1 aromatic rings. The second-order valence-electron chi connectivity index (χ2n) is 6.20. The molecule has 2 fully saturated rings. The van der Waals surface area contributed by atoms with Crippen LogP contribution in [-0.4, -0.2) is 44.2 Å². The Morgan fingerprint density at radius 2 is 2.05 bits per heavy atom. The lowest BCUT2D eigenvalue weighted by Gasteiger charge is -2.28. The predicted molar refractivity (Wildman–Crippen MR) is 82.2 cm³/mol. The summed E-state index contributed by atoms with van der Waals surface area (Å²) in [6.45, 7) is 6.01. The van der Waals surface area contributed by atoms with Crippen LogP contribution in [0.4, 0.5) is 4.39 Å². The van der Waals surface area contributed by atoms with E-state index in [1.165, 1.54) is 25.3 Å². The Morgan fingerprint density at radius 3 is 2.76 bits per heavy atom. The minimum atomic E-state index is -0.165. The van der Waals surface area contributed by atoms with Crippen molar-refractivity contribution in [3.63, 3.8) is 0 Å². The summed E-state index contributed by atoms with van der Waals surface area (Å²) in [6.07, 6.45) is 4.74. The zero-order chi connectivity index (χ0) is 14.5. The number of piperazine rings is 1. The third-order valence-corrected chi connectivity index (χ3v) is 4.63. The molecule has 0 radical (unpaired) electrons. The van der Waals surface area contributed by atoms with Crippen LogP contribution in [0.15, 0.2) is 18.2 Å². The SMILES string of the molecule is Fc1ccc(OCC2CCC2)c(CCN2CCNCC2)c1. The fourth-order valence-corrected chi connectivity index (χ4v) is 2.96. The summed E-state index contributed by atoms with van der Waals surface area (Å²) in [4.78, 5) is 2.43. The molecule has 0 amide bonds. The van der Waals surface area contributed by atoms with Crippen molar-refractivity contribution in [1.29, 1.82) is 0 Å². The molecule has 116 valence electrons. The van der Waals surface area contributed by atoms with Crippen molar-refractivity contribution in [2.45, 2.75) is 25.7 Å². The number of nitrogens with zero attached hydrogens (tertiary/aromatic N) is 1. The monoisotopic (exact) mass is 292 g/mol. The van der Waals surface area contributed by atoms with Crippen LogP contribution in [0.5, 0.6) is 5.75 Å². The van der Waals surface area contributed by atoms with E-state index in [1.807, 2.05) is 0 Å². The van der Waals surface area contributed by atoms with Gasteiger partial charge < -0.3 is 15.0 Å². The quantitative estimate of drug-likeness (QED) is 0.871. The largest absolute Gasteiger partial charge is 0.493 e. The van der Waals surface area contributed by atoms with Gasteiger partial charge in [-0.25, -0.2) is 4.39 Å². The molecule has 0 bridgehead atoms. The van der Waals surface area contributed by atoms with Gasteiger partial charge in [-0.2, -0.15) is 0 Å². The minimum absolute atomic E-state index is 0.165. The highest BCUT2D eigenvalue weighted by molar-refractivity contribution is 5.34. The van der Waals surface area contributed by atoms with E-state index in [0.29, 0.717) is 5.92 Å². The third-order valence-electron chi connectivity index (χ3n) is 4.63. The molecule has 2 aliphatic rings. The average Bonchev–Trinajstić information content (AvgIpc) is 2.46. The molecule has 4 heteroatoms. The van der Waals surface area contributed by atoms with Gasteiger partial charge in [0.1, 0.15) is 11.6 Å². The number of halogens is 1. The molecule has 1 aromatic carbocycles. The molecular formula is C17H25FN2O. The Bertz CT molecular complexity index is 456. The van der Waals surface area contributed by atoms with Gasteiger partial charge in [0.2, 0.25) is 0 Å². The lowest BCUT2D eigenvalue weighted by atomic mass is 9.86. The van der Waals surface area contributed by atoms with E-state index in [0.717, 1.165) is 57.1 Å². The van der Waals surface area contributed by atoms with E-state index in [2.05, 4.69) is 10.2 Å². The maximum Gasteiger partial charge on any atom is 0.123 e. The van der Waals surface area contributed by atoms with Crippen LogP contribution in [0.1, 0.15) is 24.8 Å². The average molecular weight is 292 g/mol. The number of hydrogen-bond acceptors (Lipinski definition) is 3. The number of hydrogen-bond donors (Lipinski definition) is 1. The normalized spacial score (nSPS) is 20.2. The smallest absolute Gasteiger partial charge is 0.123 e. The Kier molecular flexibility index (Phi) is 5.09. The molecule has 0 spiro atoms. The summed E-state index contributed by atoms with van der Waals surface area (Å²) in [5.74, 6) is 1.41. The van der Waals surface area contributed by atoms with Crippen molar-refractivity contribution in [3.05, 3.63) is 29.6 Å². The number of benzene rings is 1.